The molecule has 0 saturated carbocycles. The third kappa shape index (κ3) is 11.4. The summed E-state index contributed by atoms with van der Waals surface area (Å²) in [5, 5.41) is 3.99. The zero-order valence-corrected chi connectivity index (χ0v) is 22.7. The van der Waals surface area contributed by atoms with Gasteiger partial charge in [0, 0.05) is 37.4 Å². The Morgan fingerprint density at radius 1 is 0.590 bits per heavy atom. The van der Waals surface area contributed by atoms with Crippen LogP contribution in [0.25, 0.3) is 0 Å². The van der Waals surface area contributed by atoms with Gasteiger partial charge in [0.1, 0.15) is 11.5 Å². The first-order valence-electron chi connectivity index (χ1n) is 11.1. The maximum absolute atomic E-state index is 12.3. The molecule has 0 atom stereocenters. The second-order valence-corrected chi connectivity index (χ2v) is 9.53. The van der Waals surface area contributed by atoms with Crippen molar-refractivity contribution in [2.45, 2.75) is 44.8 Å². The van der Waals surface area contributed by atoms with E-state index in [1.807, 2.05) is 0 Å². The van der Waals surface area contributed by atoms with Gasteiger partial charge in [0.05, 0.1) is 31.2 Å². The van der Waals surface area contributed by atoms with Crippen molar-refractivity contribution >= 4 is 58.2 Å². The van der Waals surface area contributed by atoms with Gasteiger partial charge in [0.25, 0.3) is 11.8 Å². The molecule has 2 aromatic rings. The first kappa shape index (κ1) is 32.9. The van der Waals surface area contributed by atoms with Crippen molar-refractivity contribution in [1.29, 1.82) is 0 Å². The first-order valence-corrected chi connectivity index (χ1v) is 12.6. The smallest absolute Gasteiger partial charge is 0.406 e. The van der Waals surface area contributed by atoms with Crippen LogP contribution in [-0.4, -0.2) is 37.6 Å². The highest BCUT2D eigenvalue weighted by Crippen LogP contribution is 2.34. The van der Waals surface area contributed by atoms with Crippen molar-refractivity contribution in [3.63, 3.8) is 0 Å². The zero-order valence-electron chi connectivity index (χ0n) is 19.7. The molecular weight excluding hydrogens is 624 g/mol. The summed E-state index contributed by atoms with van der Waals surface area (Å²) in [6.45, 7) is 0.516. The fourth-order valence-corrected chi connectivity index (χ4v) is 4.56. The van der Waals surface area contributed by atoms with E-state index >= 15 is 0 Å². The molecule has 0 aliphatic heterocycles. The molecule has 6 nitrogen and oxygen atoms in total. The summed E-state index contributed by atoms with van der Waals surface area (Å²) >= 11 is 23.6. The van der Waals surface area contributed by atoms with Crippen molar-refractivity contribution in [2.75, 3.05) is 13.1 Å². The number of carbonyl (C=O) groups is 2. The minimum absolute atomic E-state index is 0.175. The van der Waals surface area contributed by atoms with E-state index < -0.39 is 36.0 Å². The largest absolute Gasteiger partial charge is 0.573 e. The van der Waals surface area contributed by atoms with Gasteiger partial charge in [-0.15, -0.1) is 26.3 Å². The van der Waals surface area contributed by atoms with Gasteiger partial charge in [-0.25, -0.2) is 0 Å². The summed E-state index contributed by atoms with van der Waals surface area (Å²) in [5.41, 5.74) is -0.349. The SMILES string of the molecule is O=C(NCCCCCCCNC(=O)c1c(Cl)cc(OC(F)(F)F)cc1Cl)c1c(Cl)cc(OC(F)(F)F)cc1Cl. The van der Waals surface area contributed by atoms with Crippen molar-refractivity contribution in [1.82, 2.24) is 10.6 Å². The number of rotatable bonds is 12. The van der Waals surface area contributed by atoms with E-state index in [0.29, 0.717) is 25.7 Å². The van der Waals surface area contributed by atoms with Gasteiger partial charge in [-0.05, 0) is 12.8 Å². The number of amides is 2. The number of nitrogens with one attached hydrogen (secondary N) is 2. The van der Waals surface area contributed by atoms with Crippen LogP contribution in [0.2, 0.25) is 20.1 Å². The quantitative estimate of drug-likeness (QED) is 0.181. The second kappa shape index (κ2) is 14.4. The monoisotopic (exact) mass is 642 g/mol. The fourth-order valence-electron chi connectivity index (χ4n) is 3.28. The summed E-state index contributed by atoms with van der Waals surface area (Å²) < 4.78 is 81.5. The molecule has 0 heterocycles. The van der Waals surface area contributed by atoms with Gasteiger partial charge >= 0.3 is 12.7 Å². The molecule has 2 N–H and O–H groups in total. The van der Waals surface area contributed by atoms with E-state index in [9.17, 15) is 35.9 Å². The number of halogens is 10. The Labute approximate surface area is 238 Å². The van der Waals surface area contributed by atoms with E-state index in [1.165, 1.54) is 0 Å². The highest BCUT2D eigenvalue weighted by Gasteiger charge is 2.33. The highest BCUT2D eigenvalue weighted by atomic mass is 35.5. The van der Waals surface area contributed by atoms with Gasteiger partial charge in [0.15, 0.2) is 0 Å². The van der Waals surface area contributed by atoms with Crippen LogP contribution in [0.3, 0.4) is 0 Å². The maximum atomic E-state index is 12.3. The molecule has 0 aliphatic carbocycles. The van der Waals surface area contributed by atoms with E-state index in [1.54, 1.807) is 0 Å². The number of hydrogen-bond acceptors (Lipinski definition) is 4. The Hall–Kier alpha value is -2.28. The van der Waals surface area contributed by atoms with Crippen LogP contribution < -0.4 is 20.1 Å². The second-order valence-electron chi connectivity index (χ2n) is 7.90. The van der Waals surface area contributed by atoms with Gasteiger partial charge in [-0.1, -0.05) is 65.7 Å². The molecule has 0 aliphatic rings. The van der Waals surface area contributed by atoms with Crippen LogP contribution in [0, 0.1) is 0 Å². The molecule has 2 rings (SSSR count). The lowest BCUT2D eigenvalue weighted by Gasteiger charge is -2.13. The summed E-state index contributed by atoms with van der Waals surface area (Å²) in [4.78, 5) is 24.6. The molecule has 39 heavy (non-hydrogen) atoms. The average Bonchev–Trinajstić information content (AvgIpc) is 2.74. The molecule has 0 spiro atoms. The van der Waals surface area contributed by atoms with Crippen molar-refractivity contribution in [3.05, 3.63) is 55.5 Å². The lowest BCUT2D eigenvalue weighted by molar-refractivity contribution is -0.275. The summed E-state index contributed by atoms with van der Waals surface area (Å²) in [6.07, 6.45) is -6.52. The Morgan fingerprint density at radius 2 is 0.872 bits per heavy atom. The predicted octanol–water partition coefficient (Wildman–Crippen LogP) is 8.21. The molecule has 2 amide bonds. The van der Waals surface area contributed by atoms with Crippen LogP contribution in [0.5, 0.6) is 11.5 Å². The standard InChI is InChI=1S/C23H20Cl4F6N2O4/c24-14-8-12(38-22(28,29)30)9-15(25)18(14)20(36)34-6-4-2-1-3-5-7-35-21(37)19-16(26)10-13(11-17(19)27)39-23(31,32)33/h8-11H,1-7H2,(H,34,36)(H,35,37). The van der Waals surface area contributed by atoms with Gasteiger partial charge in [-0.3, -0.25) is 9.59 Å². The van der Waals surface area contributed by atoms with E-state index in [2.05, 4.69) is 20.1 Å². The normalized spacial score (nSPS) is 11.7. The number of carbonyl (C=O) groups excluding carboxylic acids is 2. The maximum Gasteiger partial charge on any atom is 0.573 e. The molecular formula is C23H20Cl4F6N2O4. The molecule has 0 aromatic heterocycles. The first-order chi connectivity index (χ1) is 18.1. The Morgan fingerprint density at radius 3 is 1.15 bits per heavy atom. The Kier molecular flexibility index (Phi) is 12.1. The average molecular weight is 644 g/mol. The van der Waals surface area contributed by atoms with Crippen LogP contribution >= 0.6 is 46.4 Å². The summed E-state index contributed by atoms with van der Waals surface area (Å²) in [5.74, 6) is -2.60. The van der Waals surface area contributed by atoms with Crippen LogP contribution in [0.15, 0.2) is 24.3 Å². The molecule has 0 saturated heterocycles. The predicted molar refractivity (Wildman–Crippen MR) is 134 cm³/mol. The molecule has 0 radical (unpaired) electrons. The lowest BCUT2D eigenvalue weighted by atomic mass is 10.1. The van der Waals surface area contributed by atoms with E-state index in [-0.39, 0.29) is 44.3 Å². The van der Waals surface area contributed by atoms with E-state index in [4.69, 9.17) is 46.4 Å². The molecule has 0 bridgehead atoms. The lowest BCUT2D eigenvalue weighted by Crippen LogP contribution is -2.25. The third-order valence-electron chi connectivity index (χ3n) is 4.88. The molecule has 2 aromatic carbocycles. The topological polar surface area (TPSA) is 76.7 Å². The minimum Gasteiger partial charge on any atom is -0.406 e. The Balaban J connectivity index is 1.68. The van der Waals surface area contributed by atoms with Gasteiger partial charge < -0.3 is 20.1 Å². The molecule has 0 unspecified atom stereocenters. The number of unbranched alkanes of at least 4 members (excludes halogenated alkanes) is 4. The molecule has 16 heteroatoms. The number of benzene rings is 2. The fraction of sp³-hybridized carbons (Fsp3) is 0.391. The number of alkyl halides is 6. The molecule has 0 fully saturated rings. The summed E-state index contributed by atoms with van der Waals surface area (Å²) in [6, 6.07) is 3.36. The zero-order chi connectivity index (χ0) is 29.4. The van der Waals surface area contributed by atoms with Crippen molar-refractivity contribution < 1.29 is 45.4 Å². The highest BCUT2D eigenvalue weighted by molar-refractivity contribution is 6.40. The van der Waals surface area contributed by atoms with Crippen molar-refractivity contribution in [3.8, 4) is 11.5 Å². The van der Waals surface area contributed by atoms with Gasteiger partial charge in [-0.2, -0.15) is 0 Å². The summed E-state index contributed by atoms with van der Waals surface area (Å²) in [7, 11) is 0. The van der Waals surface area contributed by atoms with Crippen LogP contribution in [0.1, 0.15) is 52.8 Å². The number of hydrogen-bond donors (Lipinski definition) is 2. The molecule has 216 valence electrons. The van der Waals surface area contributed by atoms with Gasteiger partial charge in [0.2, 0.25) is 0 Å². The van der Waals surface area contributed by atoms with Crippen LogP contribution in [-0.2, 0) is 0 Å². The van der Waals surface area contributed by atoms with E-state index in [0.717, 1.165) is 30.7 Å². The number of ether oxygens (including phenoxy) is 2. The Bertz CT molecular complexity index is 1040. The third-order valence-corrected chi connectivity index (χ3v) is 6.07. The van der Waals surface area contributed by atoms with Crippen molar-refractivity contribution in [2.24, 2.45) is 0 Å². The van der Waals surface area contributed by atoms with Crippen LogP contribution in [0.4, 0.5) is 26.3 Å². The minimum atomic E-state index is -4.94.